The quantitative estimate of drug-likeness (QED) is 0.594. The van der Waals surface area contributed by atoms with Crippen molar-refractivity contribution in [3.63, 3.8) is 0 Å². The molecule has 21 heavy (non-hydrogen) atoms. The monoisotopic (exact) mass is 293 g/mol. The second kappa shape index (κ2) is 9.92. The molecule has 2 N–H and O–H groups in total. The number of rotatable bonds is 7. The average Bonchev–Trinajstić information content (AvgIpc) is 2.48. The molecule has 0 atom stereocenters. The van der Waals surface area contributed by atoms with Crippen LogP contribution in [0.25, 0.3) is 0 Å². The molecule has 0 aliphatic heterocycles. The highest BCUT2D eigenvalue weighted by atomic mass is 19.1. The van der Waals surface area contributed by atoms with Gasteiger partial charge in [0.15, 0.2) is 0 Å². The molecule has 0 saturated heterocycles. The van der Waals surface area contributed by atoms with Gasteiger partial charge >= 0.3 is 0 Å². The standard InChI is InChI=1S/C16H20FNO3/c1-2-3-10-21-11-8-18-16(20)15-7-6-14(17)12-13(15)5-4-9-19/h6-7,12,19H,2-3,8-11H2,1H3,(H,18,20). The summed E-state index contributed by atoms with van der Waals surface area (Å²) in [5, 5.41) is 11.4. The molecule has 5 heteroatoms. The van der Waals surface area contributed by atoms with Crippen molar-refractivity contribution in [2.45, 2.75) is 19.8 Å². The summed E-state index contributed by atoms with van der Waals surface area (Å²) in [7, 11) is 0. The first-order chi connectivity index (χ1) is 10.2. The number of halogens is 1. The fourth-order valence-electron chi connectivity index (χ4n) is 1.63. The second-order valence-corrected chi connectivity index (χ2v) is 4.37. The number of hydrogen-bond acceptors (Lipinski definition) is 3. The molecular weight excluding hydrogens is 273 g/mol. The number of aliphatic hydroxyl groups is 1. The third-order valence-corrected chi connectivity index (χ3v) is 2.70. The highest BCUT2D eigenvalue weighted by Crippen LogP contribution is 2.10. The molecule has 0 saturated carbocycles. The molecule has 0 aromatic heterocycles. The zero-order valence-corrected chi connectivity index (χ0v) is 12.1. The van der Waals surface area contributed by atoms with Crippen LogP contribution in [0.5, 0.6) is 0 Å². The fourth-order valence-corrected chi connectivity index (χ4v) is 1.63. The van der Waals surface area contributed by atoms with Gasteiger partial charge in [0.1, 0.15) is 12.4 Å². The van der Waals surface area contributed by atoms with E-state index in [1.165, 1.54) is 18.2 Å². The van der Waals surface area contributed by atoms with Crippen LogP contribution in [0.1, 0.15) is 35.7 Å². The van der Waals surface area contributed by atoms with Gasteiger partial charge < -0.3 is 15.2 Å². The Kier molecular flexibility index (Phi) is 8.10. The van der Waals surface area contributed by atoms with Crippen LogP contribution in [0.3, 0.4) is 0 Å². The van der Waals surface area contributed by atoms with E-state index in [0.717, 1.165) is 12.8 Å². The summed E-state index contributed by atoms with van der Waals surface area (Å²) < 4.78 is 18.5. The highest BCUT2D eigenvalue weighted by molar-refractivity contribution is 5.96. The van der Waals surface area contributed by atoms with Gasteiger partial charge in [-0.15, -0.1) is 0 Å². The molecule has 0 radical (unpaired) electrons. The van der Waals surface area contributed by atoms with Crippen LogP contribution in [0.15, 0.2) is 18.2 Å². The SMILES string of the molecule is CCCCOCCNC(=O)c1ccc(F)cc1C#CCO. The average molecular weight is 293 g/mol. The Morgan fingerprint density at radius 3 is 2.95 bits per heavy atom. The Bertz CT molecular complexity index is 520. The summed E-state index contributed by atoms with van der Waals surface area (Å²) in [6.07, 6.45) is 2.06. The van der Waals surface area contributed by atoms with Crippen molar-refractivity contribution in [1.82, 2.24) is 5.32 Å². The zero-order valence-electron chi connectivity index (χ0n) is 12.1. The van der Waals surface area contributed by atoms with Gasteiger partial charge in [0.05, 0.1) is 12.2 Å². The van der Waals surface area contributed by atoms with E-state index in [0.29, 0.717) is 19.8 Å². The van der Waals surface area contributed by atoms with Gasteiger partial charge in [-0.05, 0) is 24.6 Å². The molecular formula is C16H20FNO3. The van der Waals surface area contributed by atoms with Gasteiger partial charge in [-0.25, -0.2) is 4.39 Å². The molecule has 114 valence electrons. The molecule has 1 aromatic carbocycles. The summed E-state index contributed by atoms with van der Waals surface area (Å²) in [5.41, 5.74) is 0.541. The minimum atomic E-state index is -0.475. The van der Waals surface area contributed by atoms with Crippen LogP contribution in [0.2, 0.25) is 0 Å². The molecule has 0 aliphatic rings. The van der Waals surface area contributed by atoms with Crippen LogP contribution in [0, 0.1) is 17.7 Å². The zero-order chi connectivity index (χ0) is 15.5. The van der Waals surface area contributed by atoms with Crippen LogP contribution < -0.4 is 5.32 Å². The Morgan fingerprint density at radius 2 is 2.24 bits per heavy atom. The van der Waals surface area contributed by atoms with Crippen molar-refractivity contribution in [3.05, 3.63) is 35.1 Å². The van der Waals surface area contributed by atoms with Gasteiger partial charge in [0.25, 0.3) is 5.91 Å². The topological polar surface area (TPSA) is 58.6 Å². The summed E-state index contributed by atoms with van der Waals surface area (Å²) in [4.78, 5) is 12.0. The second-order valence-electron chi connectivity index (χ2n) is 4.37. The predicted octanol–water partition coefficient (Wildman–Crippen LogP) is 1.72. The van der Waals surface area contributed by atoms with Crippen molar-refractivity contribution in [2.75, 3.05) is 26.4 Å². The molecule has 0 unspecified atom stereocenters. The molecule has 0 aliphatic carbocycles. The molecule has 1 rings (SSSR count). The van der Waals surface area contributed by atoms with E-state index < -0.39 is 5.82 Å². The Balaban J connectivity index is 2.57. The van der Waals surface area contributed by atoms with Crippen LogP contribution in [0.4, 0.5) is 4.39 Å². The van der Waals surface area contributed by atoms with Crippen molar-refractivity contribution in [3.8, 4) is 11.8 Å². The van der Waals surface area contributed by atoms with E-state index >= 15 is 0 Å². The first kappa shape index (κ1) is 17.2. The normalized spacial score (nSPS) is 9.86. The van der Waals surface area contributed by atoms with Gasteiger partial charge in [0, 0.05) is 18.7 Å². The number of ether oxygens (including phenoxy) is 1. The van der Waals surface area contributed by atoms with Crippen molar-refractivity contribution in [2.24, 2.45) is 0 Å². The van der Waals surface area contributed by atoms with Gasteiger partial charge in [0.2, 0.25) is 0 Å². The number of unbranched alkanes of at least 4 members (excludes halogenated alkanes) is 1. The van der Waals surface area contributed by atoms with Gasteiger partial charge in [-0.3, -0.25) is 4.79 Å². The highest BCUT2D eigenvalue weighted by Gasteiger charge is 2.10. The largest absolute Gasteiger partial charge is 0.384 e. The van der Waals surface area contributed by atoms with Crippen LogP contribution >= 0.6 is 0 Å². The number of amides is 1. The Labute approximate surface area is 124 Å². The van der Waals surface area contributed by atoms with E-state index in [9.17, 15) is 9.18 Å². The summed E-state index contributed by atoms with van der Waals surface area (Å²) in [6, 6.07) is 3.76. The number of carbonyl (C=O) groups is 1. The summed E-state index contributed by atoms with van der Waals surface area (Å²) in [5.74, 6) is 4.17. The predicted molar refractivity (Wildman–Crippen MR) is 78.4 cm³/mol. The molecule has 4 nitrogen and oxygen atoms in total. The molecule has 1 aromatic rings. The maximum Gasteiger partial charge on any atom is 0.252 e. The number of carbonyl (C=O) groups excluding carboxylic acids is 1. The van der Waals surface area contributed by atoms with Crippen LogP contribution in [-0.2, 0) is 4.74 Å². The van der Waals surface area contributed by atoms with Crippen LogP contribution in [-0.4, -0.2) is 37.4 Å². The Morgan fingerprint density at radius 1 is 1.43 bits per heavy atom. The lowest BCUT2D eigenvalue weighted by Gasteiger charge is -2.08. The van der Waals surface area contributed by atoms with Crippen molar-refractivity contribution in [1.29, 1.82) is 0 Å². The summed E-state index contributed by atoms with van der Waals surface area (Å²) in [6.45, 7) is 3.23. The number of hydrogen-bond donors (Lipinski definition) is 2. The lowest BCUT2D eigenvalue weighted by molar-refractivity contribution is 0.0912. The minimum Gasteiger partial charge on any atom is -0.384 e. The third kappa shape index (κ3) is 6.39. The van der Waals surface area contributed by atoms with Crippen molar-refractivity contribution >= 4 is 5.91 Å². The Hall–Kier alpha value is -1.90. The number of aliphatic hydroxyl groups excluding tert-OH is 1. The maximum absolute atomic E-state index is 13.2. The van der Waals surface area contributed by atoms with E-state index in [1.54, 1.807) is 0 Å². The van der Waals surface area contributed by atoms with Crippen molar-refractivity contribution < 1.29 is 19.0 Å². The first-order valence-electron chi connectivity index (χ1n) is 6.94. The lowest BCUT2D eigenvalue weighted by atomic mass is 10.1. The fraction of sp³-hybridized carbons (Fsp3) is 0.438. The molecule has 0 fully saturated rings. The third-order valence-electron chi connectivity index (χ3n) is 2.70. The first-order valence-corrected chi connectivity index (χ1v) is 6.94. The van der Waals surface area contributed by atoms with Gasteiger partial charge in [-0.2, -0.15) is 0 Å². The minimum absolute atomic E-state index is 0.258. The van der Waals surface area contributed by atoms with E-state index in [-0.39, 0.29) is 23.6 Å². The molecule has 1 amide bonds. The van der Waals surface area contributed by atoms with E-state index in [1.807, 2.05) is 0 Å². The summed E-state index contributed by atoms with van der Waals surface area (Å²) >= 11 is 0. The smallest absolute Gasteiger partial charge is 0.252 e. The molecule has 0 bridgehead atoms. The van der Waals surface area contributed by atoms with E-state index in [4.69, 9.17) is 9.84 Å². The number of nitrogens with one attached hydrogen (secondary N) is 1. The van der Waals surface area contributed by atoms with Gasteiger partial charge in [-0.1, -0.05) is 25.2 Å². The lowest BCUT2D eigenvalue weighted by Crippen LogP contribution is -2.28. The maximum atomic E-state index is 13.2. The molecule has 0 heterocycles. The molecule has 0 spiro atoms. The van der Waals surface area contributed by atoms with E-state index in [2.05, 4.69) is 24.1 Å². The number of benzene rings is 1.